The lowest BCUT2D eigenvalue weighted by molar-refractivity contribution is -0.181. The summed E-state index contributed by atoms with van der Waals surface area (Å²) in [6.07, 6.45) is 6.78. The van der Waals surface area contributed by atoms with E-state index in [9.17, 15) is 21.6 Å². The van der Waals surface area contributed by atoms with Crippen LogP contribution in [0.15, 0.2) is 0 Å². The quantitative estimate of drug-likeness (QED) is 0.445. The van der Waals surface area contributed by atoms with E-state index >= 15 is 0 Å². The van der Waals surface area contributed by atoms with Crippen LogP contribution in [0.4, 0.5) is 13.2 Å². The van der Waals surface area contributed by atoms with Gasteiger partial charge in [0.2, 0.25) is 0 Å². The first-order chi connectivity index (χ1) is 14.2. The molecule has 3 aliphatic rings. The first kappa shape index (κ1) is 24.3. The summed E-state index contributed by atoms with van der Waals surface area (Å²) >= 11 is 0. The van der Waals surface area contributed by atoms with E-state index in [1.807, 2.05) is 6.92 Å². The molecule has 3 saturated carbocycles. The van der Waals surface area contributed by atoms with Crippen molar-refractivity contribution in [1.82, 2.24) is 0 Å². The molecule has 7 heteroatoms. The number of hydrogen-bond donors (Lipinski definition) is 0. The molecular formula is C23H39F3O3S. The van der Waals surface area contributed by atoms with Crippen LogP contribution in [-0.2, 0) is 14.6 Å². The number of sulfone groups is 1. The highest BCUT2D eigenvalue weighted by Crippen LogP contribution is 2.42. The largest absolute Gasteiger partial charge is 0.391 e. The predicted molar refractivity (Wildman–Crippen MR) is 113 cm³/mol. The van der Waals surface area contributed by atoms with Gasteiger partial charge in [-0.2, -0.15) is 13.2 Å². The van der Waals surface area contributed by atoms with Gasteiger partial charge in [0.15, 0.2) is 9.84 Å². The fourth-order valence-electron chi connectivity index (χ4n) is 6.07. The van der Waals surface area contributed by atoms with Crippen molar-refractivity contribution in [2.45, 2.75) is 120 Å². The maximum atomic E-state index is 13.3. The van der Waals surface area contributed by atoms with E-state index in [0.29, 0.717) is 25.2 Å². The molecule has 3 aliphatic carbocycles. The number of alkyl halides is 3. The molecule has 3 fully saturated rings. The van der Waals surface area contributed by atoms with Gasteiger partial charge in [-0.15, -0.1) is 0 Å². The summed E-state index contributed by atoms with van der Waals surface area (Å²) in [6, 6.07) is 0. The molecule has 0 heterocycles. The van der Waals surface area contributed by atoms with E-state index < -0.39 is 32.4 Å². The van der Waals surface area contributed by atoms with Crippen molar-refractivity contribution < 1.29 is 26.3 Å². The summed E-state index contributed by atoms with van der Waals surface area (Å²) in [4.78, 5) is 0. The Bertz CT molecular complexity index is 620. The van der Waals surface area contributed by atoms with Crippen molar-refractivity contribution in [1.29, 1.82) is 0 Å². The second-order valence-electron chi connectivity index (χ2n) is 9.94. The van der Waals surface area contributed by atoms with Gasteiger partial charge in [-0.3, -0.25) is 0 Å². The van der Waals surface area contributed by atoms with Crippen molar-refractivity contribution >= 4 is 9.84 Å². The van der Waals surface area contributed by atoms with Crippen LogP contribution in [0.25, 0.3) is 0 Å². The number of halogens is 3. The summed E-state index contributed by atoms with van der Waals surface area (Å²) in [6.45, 7) is 2.70. The minimum Gasteiger partial charge on any atom is -0.378 e. The summed E-state index contributed by atoms with van der Waals surface area (Å²) in [5.41, 5.74) is 0. The average molecular weight is 453 g/mol. The molecule has 30 heavy (non-hydrogen) atoms. The van der Waals surface area contributed by atoms with Crippen LogP contribution in [0.3, 0.4) is 0 Å². The summed E-state index contributed by atoms with van der Waals surface area (Å²) < 4.78 is 72.3. The Morgan fingerprint density at radius 3 is 2.17 bits per heavy atom. The summed E-state index contributed by atoms with van der Waals surface area (Å²) in [7, 11) is -3.55. The van der Waals surface area contributed by atoms with Gasteiger partial charge < -0.3 is 4.74 Å². The highest BCUT2D eigenvalue weighted by molar-refractivity contribution is 7.92. The van der Waals surface area contributed by atoms with Gasteiger partial charge in [-0.1, -0.05) is 32.6 Å². The maximum Gasteiger partial charge on any atom is 0.391 e. The average Bonchev–Trinajstić information content (AvgIpc) is 2.74. The van der Waals surface area contributed by atoms with E-state index in [2.05, 4.69) is 0 Å². The lowest BCUT2D eigenvalue weighted by atomic mass is 9.84. The monoisotopic (exact) mass is 452 g/mol. The van der Waals surface area contributed by atoms with Gasteiger partial charge in [-0.05, 0) is 76.0 Å². The highest BCUT2D eigenvalue weighted by Gasteiger charge is 2.47. The molecule has 0 amide bonds. The van der Waals surface area contributed by atoms with Gasteiger partial charge in [0.25, 0.3) is 0 Å². The number of ether oxygens (including phenoxy) is 1. The van der Waals surface area contributed by atoms with Crippen molar-refractivity contribution in [3.05, 3.63) is 0 Å². The predicted octanol–water partition coefficient (Wildman–Crippen LogP) is 6.46. The number of hydrogen-bond acceptors (Lipinski definition) is 3. The van der Waals surface area contributed by atoms with Crippen molar-refractivity contribution in [3.63, 3.8) is 0 Å². The molecule has 176 valence electrons. The summed E-state index contributed by atoms with van der Waals surface area (Å²) in [5, 5.41) is -1.34. The van der Waals surface area contributed by atoms with E-state index in [4.69, 9.17) is 4.74 Å². The zero-order valence-corrected chi connectivity index (χ0v) is 19.2. The molecular weight excluding hydrogens is 413 g/mol. The minimum atomic E-state index is -4.29. The summed E-state index contributed by atoms with van der Waals surface area (Å²) in [5.74, 6) is -0.735. The van der Waals surface area contributed by atoms with Crippen LogP contribution in [-0.4, -0.2) is 37.8 Å². The van der Waals surface area contributed by atoms with Crippen molar-refractivity contribution in [3.8, 4) is 0 Å². The van der Waals surface area contributed by atoms with Crippen molar-refractivity contribution in [2.24, 2.45) is 17.8 Å². The minimum absolute atomic E-state index is 0.0563. The molecule has 3 unspecified atom stereocenters. The maximum absolute atomic E-state index is 13.3. The van der Waals surface area contributed by atoms with Crippen LogP contribution in [0.2, 0.25) is 0 Å². The van der Waals surface area contributed by atoms with Crippen LogP contribution >= 0.6 is 0 Å². The van der Waals surface area contributed by atoms with E-state index in [1.54, 1.807) is 0 Å². The second-order valence-corrected chi connectivity index (χ2v) is 12.4. The fourth-order valence-corrected chi connectivity index (χ4v) is 8.84. The van der Waals surface area contributed by atoms with Crippen LogP contribution < -0.4 is 0 Å². The molecule has 0 aromatic carbocycles. The molecule has 0 aromatic heterocycles. The Labute approximate surface area is 180 Å². The fraction of sp³-hybridized carbons (Fsp3) is 1.00. The molecule has 0 bridgehead atoms. The Morgan fingerprint density at radius 1 is 0.900 bits per heavy atom. The third kappa shape index (κ3) is 6.14. The van der Waals surface area contributed by atoms with E-state index in [-0.39, 0.29) is 24.9 Å². The topological polar surface area (TPSA) is 43.4 Å². The van der Waals surface area contributed by atoms with Crippen LogP contribution in [0.5, 0.6) is 0 Å². The molecule has 0 saturated heterocycles. The SMILES string of the molecule is CCC(C1CCC(OCC2CCCCC2)CC1)S(=O)(=O)C1CCCC(C(F)(F)F)C1. The zero-order valence-electron chi connectivity index (χ0n) is 18.3. The molecule has 3 rings (SSSR count). The smallest absolute Gasteiger partial charge is 0.378 e. The standard InChI is InChI=1S/C23H39F3O3S/c1-2-22(30(27,28)21-10-6-9-19(15-21)23(24,25)26)18-11-13-20(14-12-18)29-16-17-7-4-3-5-8-17/h17-22H,2-16H2,1H3. The second kappa shape index (κ2) is 10.5. The Morgan fingerprint density at radius 2 is 1.57 bits per heavy atom. The molecule has 0 spiro atoms. The Kier molecular flexibility index (Phi) is 8.56. The highest BCUT2D eigenvalue weighted by atomic mass is 32.2. The third-order valence-electron chi connectivity index (χ3n) is 7.91. The molecule has 3 atom stereocenters. The molecule has 0 aromatic rings. The van der Waals surface area contributed by atoms with E-state index in [0.717, 1.165) is 32.3 Å². The lowest BCUT2D eigenvalue weighted by Crippen LogP contribution is -2.43. The molecule has 0 aliphatic heterocycles. The number of rotatable bonds is 7. The molecule has 0 radical (unpaired) electrons. The third-order valence-corrected chi connectivity index (χ3v) is 10.8. The van der Waals surface area contributed by atoms with Gasteiger partial charge in [0, 0.05) is 6.61 Å². The zero-order chi connectivity index (χ0) is 21.8. The van der Waals surface area contributed by atoms with Crippen LogP contribution in [0, 0.1) is 17.8 Å². The van der Waals surface area contributed by atoms with Gasteiger partial charge in [0.1, 0.15) is 0 Å². The Balaban J connectivity index is 1.52. The first-order valence-corrected chi connectivity index (χ1v) is 13.7. The Hall–Kier alpha value is -0.300. The normalized spacial score (nSPS) is 33.3. The van der Waals surface area contributed by atoms with E-state index in [1.165, 1.54) is 32.1 Å². The van der Waals surface area contributed by atoms with Gasteiger partial charge in [-0.25, -0.2) is 8.42 Å². The molecule has 3 nitrogen and oxygen atoms in total. The lowest BCUT2D eigenvalue weighted by Gasteiger charge is -2.37. The first-order valence-electron chi connectivity index (χ1n) is 12.1. The van der Waals surface area contributed by atoms with Gasteiger partial charge >= 0.3 is 6.18 Å². The van der Waals surface area contributed by atoms with Crippen molar-refractivity contribution in [2.75, 3.05) is 6.61 Å². The van der Waals surface area contributed by atoms with Gasteiger partial charge in [0.05, 0.1) is 22.5 Å². The molecule has 0 N–H and O–H groups in total. The van der Waals surface area contributed by atoms with Crippen LogP contribution in [0.1, 0.15) is 96.8 Å².